The van der Waals surface area contributed by atoms with Crippen LogP contribution in [0.2, 0.25) is 10.0 Å². The molecule has 25 heavy (non-hydrogen) atoms. The molecule has 0 saturated heterocycles. The van der Waals surface area contributed by atoms with Crippen molar-refractivity contribution in [2.45, 2.75) is 18.9 Å². The summed E-state index contributed by atoms with van der Waals surface area (Å²) < 4.78 is 11.2. The van der Waals surface area contributed by atoms with E-state index in [4.69, 9.17) is 32.7 Å². The van der Waals surface area contributed by atoms with Crippen LogP contribution in [0, 0.1) is 0 Å². The summed E-state index contributed by atoms with van der Waals surface area (Å²) in [5, 5.41) is 3.23. The van der Waals surface area contributed by atoms with Gasteiger partial charge in [0, 0.05) is 18.0 Å². The summed E-state index contributed by atoms with van der Waals surface area (Å²) in [6.45, 7) is 0. The molecular weight excluding hydrogens is 363 g/mol. The molecule has 2 aromatic rings. The number of anilines is 1. The van der Waals surface area contributed by atoms with Crippen molar-refractivity contribution in [1.82, 2.24) is 4.98 Å². The standard InChI is InChI=1S/C18H16Cl2N2O3/c1-24-15-7-6-11(8-16(15)25-12-4-2-3-5-12)18(23)22-17-13(19)9-21-10-14(17)20/h2,4,6-10,12H,3,5H2,1H3,(H,21,22,23)/t12-/m0/s1. The highest BCUT2D eigenvalue weighted by atomic mass is 35.5. The number of nitrogens with one attached hydrogen (secondary N) is 1. The SMILES string of the molecule is COc1ccc(C(=O)Nc2c(Cl)cncc2Cl)cc1O[C@H]1C=CCC1. The zero-order chi connectivity index (χ0) is 17.8. The molecule has 0 radical (unpaired) electrons. The third-order valence-electron chi connectivity index (χ3n) is 3.76. The maximum absolute atomic E-state index is 12.5. The first-order valence-corrected chi connectivity index (χ1v) is 8.46. The summed E-state index contributed by atoms with van der Waals surface area (Å²) in [6, 6.07) is 4.98. The third kappa shape index (κ3) is 4.06. The topological polar surface area (TPSA) is 60.5 Å². The Bertz CT molecular complexity index is 804. The van der Waals surface area contributed by atoms with E-state index in [9.17, 15) is 4.79 Å². The number of amides is 1. The first-order valence-electron chi connectivity index (χ1n) is 7.70. The summed E-state index contributed by atoms with van der Waals surface area (Å²) in [6.07, 6.45) is 8.77. The molecular formula is C18H16Cl2N2O3. The Morgan fingerprint density at radius 1 is 1.24 bits per heavy atom. The van der Waals surface area contributed by atoms with Crippen LogP contribution in [0.3, 0.4) is 0 Å². The van der Waals surface area contributed by atoms with Crippen LogP contribution in [-0.2, 0) is 0 Å². The number of rotatable bonds is 5. The van der Waals surface area contributed by atoms with Crippen LogP contribution in [0.1, 0.15) is 23.2 Å². The quantitative estimate of drug-likeness (QED) is 0.762. The Labute approximate surface area is 155 Å². The van der Waals surface area contributed by atoms with E-state index >= 15 is 0 Å². The van der Waals surface area contributed by atoms with Crippen LogP contribution in [0.4, 0.5) is 5.69 Å². The molecule has 1 heterocycles. The number of methoxy groups -OCH3 is 1. The van der Waals surface area contributed by atoms with E-state index in [0.29, 0.717) is 22.7 Å². The van der Waals surface area contributed by atoms with Crippen molar-refractivity contribution in [3.63, 3.8) is 0 Å². The molecule has 1 aromatic heterocycles. The molecule has 0 aliphatic heterocycles. The van der Waals surface area contributed by atoms with Gasteiger partial charge in [0.1, 0.15) is 6.10 Å². The van der Waals surface area contributed by atoms with Crippen molar-refractivity contribution in [2.75, 3.05) is 12.4 Å². The minimum absolute atomic E-state index is 0.0173. The summed E-state index contributed by atoms with van der Waals surface area (Å²) in [4.78, 5) is 16.4. The number of hydrogen-bond donors (Lipinski definition) is 1. The van der Waals surface area contributed by atoms with Crippen molar-refractivity contribution < 1.29 is 14.3 Å². The van der Waals surface area contributed by atoms with Crippen LogP contribution < -0.4 is 14.8 Å². The summed E-state index contributed by atoms with van der Waals surface area (Å²) >= 11 is 12.1. The number of hydrogen-bond acceptors (Lipinski definition) is 4. The second kappa shape index (κ2) is 7.76. The van der Waals surface area contributed by atoms with E-state index in [1.807, 2.05) is 6.08 Å². The van der Waals surface area contributed by atoms with Crippen molar-refractivity contribution in [1.29, 1.82) is 0 Å². The van der Waals surface area contributed by atoms with Gasteiger partial charge in [-0.2, -0.15) is 0 Å². The predicted molar refractivity (Wildman–Crippen MR) is 98.0 cm³/mol. The van der Waals surface area contributed by atoms with Gasteiger partial charge in [-0.05, 0) is 37.1 Å². The van der Waals surface area contributed by atoms with Crippen LogP contribution in [-0.4, -0.2) is 24.1 Å². The fourth-order valence-corrected chi connectivity index (χ4v) is 2.95. The lowest BCUT2D eigenvalue weighted by atomic mass is 10.1. The molecule has 3 rings (SSSR count). The Morgan fingerprint density at radius 3 is 2.64 bits per heavy atom. The highest BCUT2D eigenvalue weighted by Crippen LogP contribution is 2.32. The van der Waals surface area contributed by atoms with E-state index in [-0.39, 0.29) is 22.1 Å². The third-order valence-corrected chi connectivity index (χ3v) is 4.34. The van der Waals surface area contributed by atoms with Gasteiger partial charge in [0.15, 0.2) is 11.5 Å². The van der Waals surface area contributed by atoms with Gasteiger partial charge in [-0.3, -0.25) is 9.78 Å². The Morgan fingerprint density at radius 2 is 2.00 bits per heavy atom. The molecule has 5 nitrogen and oxygen atoms in total. The van der Waals surface area contributed by atoms with Crippen molar-refractivity contribution in [3.8, 4) is 11.5 Å². The van der Waals surface area contributed by atoms with Crippen LogP contribution in [0.5, 0.6) is 11.5 Å². The molecule has 0 spiro atoms. The average molecular weight is 379 g/mol. The number of pyridine rings is 1. The number of ether oxygens (including phenoxy) is 2. The van der Waals surface area contributed by atoms with E-state index < -0.39 is 0 Å². The largest absolute Gasteiger partial charge is 0.493 e. The van der Waals surface area contributed by atoms with E-state index in [1.54, 1.807) is 25.3 Å². The number of carbonyl (C=O) groups is 1. The van der Waals surface area contributed by atoms with Crippen LogP contribution >= 0.6 is 23.2 Å². The number of carbonyl (C=O) groups excluding carboxylic acids is 1. The number of benzene rings is 1. The monoisotopic (exact) mass is 378 g/mol. The average Bonchev–Trinajstić information content (AvgIpc) is 3.11. The second-order valence-corrected chi connectivity index (χ2v) is 6.27. The van der Waals surface area contributed by atoms with E-state index in [2.05, 4.69) is 16.4 Å². The van der Waals surface area contributed by atoms with Gasteiger partial charge in [-0.1, -0.05) is 29.3 Å². The Hall–Kier alpha value is -2.24. The van der Waals surface area contributed by atoms with Gasteiger partial charge in [0.25, 0.3) is 5.91 Å². The van der Waals surface area contributed by atoms with Gasteiger partial charge < -0.3 is 14.8 Å². The number of nitrogens with zero attached hydrogens (tertiary/aromatic N) is 1. The number of allylic oxidation sites excluding steroid dienone is 1. The van der Waals surface area contributed by atoms with Crippen molar-refractivity contribution >= 4 is 34.8 Å². The molecule has 130 valence electrons. The fourth-order valence-electron chi connectivity index (χ4n) is 2.49. The smallest absolute Gasteiger partial charge is 0.255 e. The normalized spacial score (nSPS) is 15.9. The Balaban J connectivity index is 1.83. The maximum atomic E-state index is 12.5. The second-order valence-electron chi connectivity index (χ2n) is 5.46. The van der Waals surface area contributed by atoms with Crippen LogP contribution in [0.25, 0.3) is 0 Å². The van der Waals surface area contributed by atoms with Gasteiger partial charge in [0.05, 0.1) is 22.8 Å². The predicted octanol–water partition coefficient (Wildman–Crippen LogP) is 4.75. The molecule has 7 heteroatoms. The van der Waals surface area contributed by atoms with Gasteiger partial charge >= 0.3 is 0 Å². The minimum atomic E-state index is -0.357. The Kier molecular flexibility index (Phi) is 5.46. The van der Waals surface area contributed by atoms with Crippen molar-refractivity contribution in [3.05, 3.63) is 58.4 Å². The fraction of sp³-hybridized carbons (Fsp3) is 0.222. The number of halogens is 2. The molecule has 0 bridgehead atoms. The molecule has 0 fully saturated rings. The first-order chi connectivity index (χ1) is 12.1. The highest BCUT2D eigenvalue weighted by molar-refractivity contribution is 6.39. The molecule has 1 atom stereocenters. The lowest BCUT2D eigenvalue weighted by molar-refractivity contribution is 0.102. The maximum Gasteiger partial charge on any atom is 0.255 e. The van der Waals surface area contributed by atoms with Gasteiger partial charge in [0.2, 0.25) is 0 Å². The first kappa shape index (κ1) is 17.6. The molecule has 0 unspecified atom stereocenters. The van der Waals surface area contributed by atoms with Gasteiger partial charge in [-0.15, -0.1) is 0 Å². The highest BCUT2D eigenvalue weighted by Gasteiger charge is 2.17. The molecule has 1 aromatic carbocycles. The zero-order valence-corrected chi connectivity index (χ0v) is 15.0. The molecule has 1 N–H and O–H groups in total. The molecule has 1 aliphatic carbocycles. The molecule has 1 aliphatic rings. The number of aromatic nitrogens is 1. The van der Waals surface area contributed by atoms with Crippen molar-refractivity contribution in [2.24, 2.45) is 0 Å². The zero-order valence-electron chi connectivity index (χ0n) is 13.5. The van der Waals surface area contributed by atoms with Crippen LogP contribution in [0.15, 0.2) is 42.7 Å². The van der Waals surface area contributed by atoms with E-state index in [1.165, 1.54) is 12.4 Å². The minimum Gasteiger partial charge on any atom is -0.493 e. The summed E-state index contributed by atoms with van der Waals surface area (Å²) in [5.74, 6) is 0.722. The molecule has 1 amide bonds. The summed E-state index contributed by atoms with van der Waals surface area (Å²) in [7, 11) is 1.56. The van der Waals surface area contributed by atoms with Gasteiger partial charge in [-0.25, -0.2) is 0 Å². The molecule has 0 saturated carbocycles. The lowest BCUT2D eigenvalue weighted by Gasteiger charge is -2.16. The van der Waals surface area contributed by atoms with E-state index in [0.717, 1.165) is 12.8 Å². The lowest BCUT2D eigenvalue weighted by Crippen LogP contribution is -2.14. The summed E-state index contributed by atoms with van der Waals surface area (Å²) in [5.41, 5.74) is 0.724.